The smallest absolute Gasteiger partial charge is 0.197 e. The van der Waals surface area contributed by atoms with E-state index in [1.54, 1.807) is 0 Å². The Morgan fingerprint density at radius 2 is 1.20 bits per heavy atom. The maximum atomic E-state index is 6.98. The number of hydrogen-bond donors (Lipinski definition) is 1. The first kappa shape index (κ1) is 37.6. The molecule has 311 valence electrons. The van der Waals surface area contributed by atoms with Crippen molar-refractivity contribution in [2.75, 3.05) is 5.32 Å². The largest absolute Gasteiger partial charge is 0.456 e. The maximum Gasteiger partial charge on any atom is 0.197 e. The van der Waals surface area contributed by atoms with Gasteiger partial charge in [0.25, 0.3) is 0 Å². The van der Waals surface area contributed by atoms with Crippen molar-refractivity contribution in [1.82, 2.24) is 4.57 Å². The molecule has 0 aliphatic carbocycles. The topological polar surface area (TPSA) is 43.2 Å². The third-order valence-corrected chi connectivity index (χ3v) is 14.9. The summed E-state index contributed by atoms with van der Waals surface area (Å²) in [6.07, 6.45) is 0. The van der Waals surface area contributed by atoms with E-state index in [9.17, 15) is 0 Å². The lowest BCUT2D eigenvalue weighted by atomic mass is 9.58. The first-order valence-electron chi connectivity index (χ1n) is 22.6. The van der Waals surface area contributed by atoms with Crippen molar-refractivity contribution in [2.24, 2.45) is 0 Å². The van der Waals surface area contributed by atoms with Gasteiger partial charge in [0.15, 0.2) is 7.28 Å². The summed E-state index contributed by atoms with van der Waals surface area (Å²) in [4.78, 5) is 0. The van der Waals surface area contributed by atoms with E-state index in [2.05, 4.69) is 214 Å². The van der Waals surface area contributed by atoms with Gasteiger partial charge in [-0.3, -0.25) is 0 Å². The van der Waals surface area contributed by atoms with Crippen molar-refractivity contribution in [3.63, 3.8) is 0 Å². The molecule has 0 saturated heterocycles. The molecule has 4 nitrogen and oxygen atoms in total. The van der Waals surface area contributed by atoms with Crippen molar-refractivity contribution >= 4 is 116 Å². The minimum atomic E-state index is 0.0605. The summed E-state index contributed by atoms with van der Waals surface area (Å²) in [6.45, 7) is 6.79. The average Bonchev–Trinajstić information content (AvgIpc) is 4.10. The number of fused-ring (bicyclic) bond motifs is 12. The normalized spacial score (nSPS) is 12.6. The van der Waals surface area contributed by atoms with E-state index < -0.39 is 0 Å². The van der Waals surface area contributed by atoms with Crippen LogP contribution in [0.5, 0.6) is 0 Å². The fourth-order valence-electron chi connectivity index (χ4n) is 10.6. The Labute approximate surface area is 385 Å². The quantitative estimate of drug-likeness (QED) is 0.175. The molecule has 6 heteroatoms. The summed E-state index contributed by atoms with van der Waals surface area (Å²) >= 11 is 1.85. The number of nitrogens with zero attached hydrogens (tertiary/aromatic N) is 1. The number of rotatable bonds is 5. The summed E-state index contributed by atoms with van der Waals surface area (Å²) in [6, 6.07) is 65.9. The van der Waals surface area contributed by atoms with Crippen LogP contribution in [0.1, 0.15) is 26.3 Å². The lowest BCUT2D eigenvalue weighted by molar-refractivity contribution is 0.590. The van der Waals surface area contributed by atoms with Gasteiger partial charge in [-0.25, -0.2) is 0 Å². The predicted octanol–water partition coefficient (Wildman–Crippen LogP) is 15.8. The summed E-state index contributed by atoms with van der Waals surface area (Å²) in [5.74, 6) is 1.73. The van der Waals surface area contributed by atoms with E-state index in [1.165, 1.54) is 47.5 Å². The van der Waals surface area contributed by atoms with E-state index in [0.717, 1.165) is 94.5 Å². The van der Waals surface area contributed by atoms with Crippen LogP contribution in [0.25, 0.3) is 114 Å². The average molecular weight is 864 g/mol. The van der Waals surface area contributed by atoms with E-state index in [-0.39, 0.29) is 5.41 Å². The van der Waals surface area contributed by atoms with E-state index in [1.807, 2.05) is 17.4 Å². The van der Waals surface area contributed by atoms with Crippen LogP contribution in [0, 0.1) is 0 Å². The van der Waals surface area contributed by atoms with E-state index in [4.69, 9.17) is 8.83 Å². The number of para-hydroxylation sites is 1. The molecule has 13 aromatic rings. The number of anilines is 2. The number of nitrogens with one attached hydrogen (secondary N) is 1. The molecule has 0 bridgehead atoms. The number of benzene rings is 9. The zero-order chi connectivity index (χ0) is 43.8. The van der Waals surface area contributed by atoms with Gasteiger partial charge in [-0.15, -0.1) is 11.3 Å². The van der Waals surface area contributed by atoms with Crippen LogP contribution < -0.4 is 16.2 Å². The SMILES string of the molecule is CC(C)(C)c1ccc(Nc2cc3sc4ccccc4c3cc2-c2ccc3c4cc5c(cc4n4c3c2[B]c2cc3c(-c6ccccc6)oc(-c6ccccc6)c3cc2-4)oc2ccccc25)cc1. The summed E-state index contributed by atoms with van der Waals surface area (Å²) in [5, 5.41) is 13.3. The van der Waals surface area contributed by atoms with Crippen molar-refractivity contribution < 1.29 is 8.83 Å². The van der Waals surface area contributed by atoms with Gasteiger partial charge in [0, 0.05) is 97.8 Å². The molecule has 1 aliphatic rings. The Balaban J connectivity index is 1.07. The van der Waals surface area contributed by atoms with Gasteiger partial charge >= 0.3 is 0 Å². The molecule has 0 amide bonds. The molecular formula is C60H40BN2O2S. The zero-order valence-corrected chi connectivity index (χ0v) is 37.4. The Kier molecular flexibility index (Phi) is 7.89. The first-order chi connectivity index (χ1) is 32.3. The first-order valence-corrected chi connectivity index (χ1v) is 23.5. The second kappa shape index (κ2) is 13.9. The van der Waals surface area contributed by atoms with E-state index in [0.29, 0.717) is 0 Å². The Hall–Kier alpha value is -7.80. The highest BCUT2D eigenvalue weighted by Gasteiger charge is 2.30. The van der Waals surface area contributed by atoms with Crippen LogP contribution in [-0.2, 0) is 5.41 Å². The molecular weight excluding hydrogens is 824 g/mol. The monoisotopic (exact) mass is 863 g/mol. The fourth-order valence-corrected chi connectivity index (χ4v) is 11.7. The van der Waals surface area contributed by atoms with Crippen LogP contribution in [0.3, 0.4) is 0 Å². The second-order valence-electron chi connectivity index (χ2n) is 18.8. The van der Waals surface area contributed by atoms with Gasteiger partial charge in [-0.05, 0) is 70.5 Å². The van der Waals surface area contributed by atoms with Gasteiger partial charge in [0.2, 0.25) is 0 Å². The van der Waals surface area contributed by atoms with Gasteiger partial charge in [0.1, 0.15) is 22.7 Å². The molecule has 0 saturated carbocycles. The van der Waals surface area contributed by atoms with Crippen LogP contribution in [-0.4, -0.2) is 11.8 Å². The molecule has 0 atom stereocenters. The predicted molar refractivity (Wildman–Crippen MR) is 280 cm³/mol. The van der Waals surface area contributed by atoms with Crippen molar-refractivity contribution in [3.05, 3.63) is 188 Å². The molecule has 0 spiro atoms. The highest BCUT2D eigenvalue weighted by atomic mass is 32.1. The minimum absolute atomic E-state index is 0.0605. The molecule has 4 aromatic heterocycles. The third kappa shape index (κ3) is 5.58. The Morgan fingerprint density at radius 3 is 1.95 bits per heavy atom. The van der Waals surface area contributed by atoms with Gasteiger partial charge in [-0.2, -0.15) is 0 Å². The second-order valence-corrected chi connectivity index (χ2v) is 19.8. The van der Waals surface area contributed by atoms with Crippen LogP contribution in [0.15, 0.2) is 191 Å². The van der Waals surface area contributed by atoms with Gasteiger partial charge in [-0.1, -0.05) is 154 Å². The minimum Gasteiger partial charge on any atom is -0.456 e. The molecule has 66 heavy (non-hydrogen) atoms. The number of hydrogen-bond acceptors (Lipinski definition) is 4. The molecule has 1 radical (unpaired) electrons. The number of aromatic nitrogens is 1. The van der Waals surface area contributed by atoms with Gasteiger partial charge in [0.05, 0.1) is 5.52 Å². The lowest BCUT2D eigenvalue weighted by Gasteiger charge is -2.24. The van der Waals surface area contributed by atoms with Crippen LogP contribution in [0.4, 0.5) is 11.4 Å². The van der Waals surface area contributed by atoms with Gasteiger partial charge < -0.3 is 18.7 Å². The Morgan fingerprint density at radius 1 is 0.500 bits per heavy atom. The molecule has 9 aromatic carbocycles. The third-order valence-electron chi connectivity index (χ3n) is 13.8. The molecule has 5 heterocycles. The van der Waals surface area contributed by atoms with Crippen LogP contribution >= 0.6 is 11.3 Å². The molecule has 0 unspecified atom stereocenters. The number of furan rings is 2. The van der Waals surface area contributed by atoms with Crippen LogP contribution in [0.2, 0.25) is 0 Å². The summed E-state index contributed by atoms with van der Waals surface area (Å²) < 4.78 is 18.6. The van der Waals surface area contributed by atoms with Crippen molar-refractivity contribution in [3.8, 4) is 39.5 Å². The lowest BCUT2D eigenvalue weighted by Crippen LogP contribution is -2.37. The number of thiophene rings is 1. The van der Waals surface area contributed by atoms with E-state index >= 15 is 0 Å². The van der Waals surface area contributed by atoms with Crippen molar-refractivity contribution in [2.45, 2.75) is 26.2 Å². The molecule has 0 fully saturated rings. The highest BCUT2D eigenvalue weighted by Crippen LogP contribution is 2.46. The van der Waals surface area contributed by atoms with Crippen molar-refractivity contribution in [1.29, 1.82) is 0 Å². The standard InChI is InChI=1S/C60H40BN2O2S/c1-60(2,3)36-22-24-37(25-23-36)62-49-32-55-45(39-19-11-13-21-54(39)66-55)28-42(49)40-26-27-41-43-29-44-38-18-10-12-20-52(38)64-53(44)33-50(43)63-51-31-47-46(30-48(51)61-56(40)57(41)63)58(34-14-6-4-7-15-34)65-59(47)35-16-8-5-9-17-35/h4-33,62H,1-3H3. The molecule has 14 rings (SSSR count). The molecule has 1 N–H and O–H groups in total. The maximum absolute atomic E-state index is 6.98. The summed E-state index contributed by atoms with van der Waals surface area (Å²) in [7, 11) is 2.42. The molecule has 1 aliphatic heterocycles. The fraction of sp³-hybridized carbons (Fsp3) is 0.0667. The zero-order valence-electron chi connectivity index (χ0n) is 36.6. The highest BCUT2D eigenvalue weighted by molar-refractivity contribution is 7.25. The Bertz CT molecular complexity index is 4130. The summed E-state index contributed by atoms with van der Waals surface area (Å²) in [5.41, 5.74) is 15.4.